The number of carboxylic acid groups (broad SMARTS) is 1. The molecule has 84 valence electrons. The van der Waals surface area contributed by atoms with Gasteiger partial charge in [-0.25, -0.2) is 9.48 Å². The second kappa shape index (κ2) is 3.93. The predicted molar refractivity (Wildman–Crippen MR) is 57.8 cm³/mol. The van der Waals surface area contributed by atoms with Crippen molar-refractivity contribution in [3.05, 3.63) is 17.0 Å². The lowest BCUT2D eigenvalue weighted by molar-refractivity contribution is 0.0702. The van der Waals surface area contributed by atoms with Crippen LogP contribution in [0.4, 0.5) is 0 Å². The summed E-state index contributed by atoms with van der Waals surface area (Å²) < 4.78 is 6.47. The molecule has 0 saturated heterocycles. The van der Waals surface area contributed by atoms with Crippen LogP contribution in [0.25, 0.3) is 10.7 Å². The number of aromatic carboxylic acids is 1. The third kappa shape index (κ3) is 1.76. The smallest absolute Gasteiger partial charge is 0.345 e. The third-order valence-corrected chi connectivity index (χ3v) is 3.01. The van der Waals surface area contributed by atoms with Crippen LogP contribution in [0.15, 0.2) is 12.1 Å². The lowest BCUT2D eigenvalue weighted by Gasteiger charge is -1.92. The maximum absolute atomic E-state index is 10.7. The summed E-state index contributed by atoms with van der Waals surface area (Å²) in [6, 6.07) is 3.61. The average Bonchev–Trinajstić information content (AvgIpc) is 2.83. The van der Waals surface area contributed by atoms with Gasteiger partial charge in [0.15, 0.2) is 5.82 Å². The van der Waals surface area contributed by atoms with Gasteiger partial charge in [-0.3, -0.25) is 0 Å². The molecule has 0 spiro atoms. The number of aromatic nitrogens is 3. The summed E-state index contributed by atoms with van der Waals surface area (Å²) in [5.41, 5.74) is 0. The highest BCUT2D eigenvalue weighted by Crippen LogP contribution is 2.26. The Morgan fingerprint density at radius 3 is 2.81 bits per heavy atom. The number of hydrogen-bond donors (Lipinski definition) is 1. The van der Waals surface area contributed by atoms with Gasteiger partial charge in [-0.2, -0.15) is 4.98 Å². The van der Waals surface area contributed by atoms with Crippen LogP contribution in [0.3, 0.4) is 0 Å². The lowest BCUT2D eigenvalue weighted by atomic mass is 10.4. The van der Waals surface area contributed by atoms with Gasteiger partial charge < -0.3 is 9.84 Å². The maximum Gasteiger partial charge on any atom is 0.345 e. The molecule has 2 aromatic rings. The molecule has 0 aromatic carbocycles. The van der Waals surface area contributed by atoms with E-state index in [0.29, 0.717) is 16.7 Å². The highest BCUT2D eigenvalue weighted by atomic mass is 32.1. The zero-order valence-electron chi connectivity index (χ0n) is 8.67. The summed E-state index contributed by atoms with van der Waals surface area (Å²) in [6.07, 6.45) is 0. The summed E-state index contributed by atoms with van der Waals surface area (Å²) in [7, 11) is 3.21. The molecule has 0 aliphatic rings. The van der Waals surface area contributed by atoms with Crippen LogP contribution >= 0.6 is 11.3 Å². The van der Waals surface area contributed by atoms with E-state index in [-0.39, 0.29) is 4.88 Å². The molecule has 0 radical (unpaired) electrons. The second-order valence-electron chi connectivity index (χ2n) is 3.01. The number of methoxy groups -OCH3 is 1. The van der Waals surface area contributed by atoms with Crippen molar-refractivity contribution >= 4 is 17.3 Å². The number of thiophene rings is 1. The Kier molecular flexibility index (Phi) is 2.61. The predicted octanol–water partition coefficient (Wildman–Crippen LogP) is 1.25. The van der Waals surface area contributed by atoms with Crippen molar-refractivity contribution in [2.45, 2.75) is 0 Å². The number of hydrogen-bond acceptors (Lipinski definition) is 5. The van der Waals surface area contributed by atoms with Gasteiger partial charge in [0.2, 0.25) is 0 Å². The van der Waals surface area contributed by atoms with Crippen LogP contribution in [0.1, 0.15) is 9.67 Å². The Hall–Kier alpha value is -1.89. The molecule has 0 aliphatic carbocycles. The first-order valence-electron chi connectivity index (χ1n) is 4.40. The molecule has 6 nitrogen and oxygen atoms in total. The lowest BCUT2D eigenvalue weighted by Crippen LogP contribution is -1.95. The summed E-state index contributed by atoms with van der Waals surface area (Å²) in [6.45, 7) is 0. The fourth-order valence-corrected chi connectivity index (χ4v) is 2.00. The van der Waals surface area contributed by atoms with Crippen molar-refractivity contribution in [2.24, 2.45) is 7.05 Å². The Balaban J connectivity index is 2.38. The maximum atomic E-state index is 10.7. The van der Waals surface area contributed by atoms with Crippen molar-refractivity contribution in [2.75, 3.05) is 7.11 Å². The topological polar surface area (TPSA) is 77.2 Å². The average molecular weight is 239 g/mol. The standard InChI is InChI=1S/C9H9N3O3S/c1-12-9(15-2)10-7(11-12)5-3-4-6(16-5)8(13)14/h3-4H,1-2H3,(H,13,14). The van der Waals surface area contributed by atoms with E-state index in [1.807, 2.05) is 0 Å². The second-order valence-corrected chi connectivity index (χ2v) is 4.10. The molecule has 16 heavy (non-hydrogen) atoms. The van der Waals surface area contributed by atoms with Crippen LogP contribution in [-0.4, -0.2) is 33.0 Å². The minimum atomic E-state index is -0.945. The molecular weight excluding hydrogens is 230 g/mol. The number of nitrogens with zero attached hydrogens (tertiary/aromatic N) is 3. The number of ether oxygens (including phenoxy) is 1. The fraction of sp³-hybridized carbons (Fsp3) is 0.222. The van der Waals surface area contributed by atoms with Crippen LogP contribution in [-0.2, 0) is 7.05 Å². The first-order chi connectivity index (χ1) is 7.61. The summed E-state index contributed by atoms with van der Waals surface area (Å²) in [5, 5.41) is 12.9. The van der Waals surface area contributed by atoms with Gasteiger partial charge in [0.25, 0.3) is 0 Å². The van der Waals surface area contributed by atoms with Crippen LogP contribution in [0.2, 0.25) is 0 Å². The highest BCUT2D eigenvalue weighted by Gasteiger charge is 2.13. The van der Waals surface area contributed by atoms with E-state index in [0.717, 1.165) is 11.3 Å². The van der Waals surface area contributed by atoms with Gasteiger partial charge in [0.05, 0.1) is 12.0 Å². The molecule has 2 aromatic heterocycles. The fourth-order valence-electron chi connectivity index (χ4n) is 1.23. The van der Waals surface area contributed by atoms with Crippen molar-refractivity contribution in [3.8, 4) is 16.7 Å². The first kappa shape index (κ1) is 10.6. The Labute approximate surface area is 95.1 Å². The van der Waals surface area contributed by atoms with E-state index < -0.39 is 5.97 Å². The zero-order valence-corrected chi connectivity index (χ0v) is 9.48. The molecule has 0 fully saturated rings. The van der Waals surface area contributed by atoms with E-state index in [1.165, 1.54) is 17.9 Å². The van der Waals surface area contributed by atoms with E-state index in [2.05, 4.69) is 10.1 Å². The largest absolute Gasteiger partial charge is 0.477 e. The molecule has 0 aliphatic heterocycles. The number of aryl methyl sites for hydroxylation is 1. The zero-order chi connectivity index (χ0) is 11.7. The first-order valence-corrected chi connectivity index (χ1v) is 5.22. The SMILES string of the molecule is COc1nc(-c2ccc(C(=O)O)s2)nn1C. The van der Waals surface area contributed by atoms with Crippen molar-refractivity contribution < 1.29 is 14.6 Å². The van der Waals surface area contributed by atoms with Gasteiger partial charge in [-0.15, -0.1) is 16.4 Å². The molecule has 1 N–H and O–H groups in total. The van der Waals surface area contributed by atoms with Gasteiger partial charge in [-0.05, 0) is 12.1 Å². The van der Waals surface area contributed by atoms with Crippen LogP contribution in [0, 0.1) is 0 Å². The van der Waals surface area contributed by atoms with Crippen LogP contribution < -0.4 is 4.74 Å². The van der Waals surface area contributed by atoms with Crippen molar-refractivity contribution in [1.29, 1.82) is 0 Å². The monoisotopic (exact) mass is 239 g/mol. The van der Waals surface area contributed by atoms with E-state index in [9.17, 15) is 4.79 Å². The Bertz CT molecular complexity index is 532. The van der Waals surface area contributed by atoms with E-state index in [4.69, 9.17) is 9.84 Å². The van der Waals surface area contributed by atoms with Crippen molar-refractivity contribution in [1.82, 2.24) is 14.8 Å². The molecule has 2 heterocycles. The molecule has 7 heteroatoms. The highest BCUT2D eigenvalue weighted by molar-refractivity contribution is 7.17. The molecule has 2 rings (SSSR count). The minimum absolute atomic E-state index is 0.265. The molecular formula is C9H9N3O3S. The quantitative estimate of drug-likeness (QED) is 0.872. The Morgan fingerprint density at radius 1 is 1.56 bits per heavy atom. The van der Waals surface area contributed by atoms with Crippen molar-refractivity contribution in [3.63, 3.8) is 0 Å². The van der Waals surface area contributed by atoms with Crippen LogP contribution in [0.5, 0.6) is 6.01 Å². The normalized spacial score (nSPS) is 10.4. The number of rotatable bonds is 3. The number of carboxylic acids is 1. The number of carbonyl (C=O) groups is 1. The molecule has 0 amide bonds. The van der Waals surface area contributed by atoms with E-state index in [1.54, 1.807) is 13.1 Å². The molecule has 0 atom stereocenters. The molecule has 0 saturated carbocycles. The third-order valence-electron chi connectivity index (χ3n) is 1.94. The van der Waals surface area contributed by atoms with Gasteiger partial charge in [0, 0.05) is 7.05 Å². The summed E-state index contributed by atoms with van der Waals surface area (Å²) >= 11 is 1.13. The molecule has 0 unspecified atom stereocenters. The minimum Gasteiger partial charge on any atom is -0.477 e. The van der Waals surface area contributed by atoms with E-state index >= 15 is 0 Å². The Morgan fingerprint density at radius 2 is 2.31 bits per heavy atom. The summed E-state index contributed by atoms with van der Waals surface area (Å²) in [4.78, 5) is 15.8. The summed E-state index contributed by atoms with van der Waals surface area (Å²) in [5.74, 6) is -0.476. The van der Waals surface area contributed by atoms with Gasteiger partial charge in [0.1, 0.15) is 4.88 Å². The molecule has 0 bridgehead atoms. The van der Waals surface area contributed by atoms with Gasteiger partial charge >= 0.3 is 12.0 Å². The van der Waals surface area contributed by atoms with Gasteiger partial charge in [-0.1, -0.05) is 0 Å².